The van der Waals surface area contributed by atoms with Gasteiger partial charge in [0.2, 0.25) is 0 Å². The Kier molecular flexibility index (Phi) is 6.36. The van der Waals surface area contributed by atoms with Gasteiger partial charge in [-0.05, 0) is 37.7 Å². The van der Waals surface area contributed by atoms with Crippen LogP contribution < -0.4 is 5.32 Å². The van der Waals surface area contributed by atoms with Crippen molar-refractivity contribution in [1.29, 1.82) is 0 Å². The first kappa shape index (κ1) is 18.1. The molecule has 1 amide bonds. The van der Waals surface area contributed by atoms with Gasteiger partial charge in [0.25, 0.3) is 5.91 Å². The third kappa shape index (κ3) is 5.15. The molecule has 136 valence electrons. The van der Waals surface area contributed by atoms with Gasteiger partial charge in [-0.1, -0.05) is 42.0 Å². The van der Waals surface area contributed by atoms with Crippen LogP contribution in [0.3, 0.4) is 0 Å². The highest BCUT2D eigenvalue weighted by Gasteiger charge is 2.14. The lowest BCUT2D eigenvalue weighted by molar-refractivity contribution is 0.0779. The van der Waals surface area contributed by atoms with Crippen LogP contribution in [0.15, 0.2) is 54.4 Å². The summed E-state index contributed by atoms with van der Waals surface area (Å²) >= 11 is 0. The van der Waals surface area contributed by atoms with E-state index in [1.165, 1.54) is 37.6 Å². The molecule has 0 radical (unpaired) electrons. The molecular formula is C21H26N4O. The Morgan fingerprint density at radius 1 is 1.19 bits per heavy atom. The number of nitrogens with one attached hydrogen (secondary N) is 1. The molecule has 0 saturated heterocycles. The summed E-state index contributed by atoms with van der Waals surface area (Å²) in [5.41, 5.74) is 3.03. The van der Waals surface area contributed by atoms with Crippen molar-refractivity contribution in [3.05, 3.63) is 65.6 Å². The molecule has 2 aromatic rings. The molecule has 0 saturated carbocycles. The van der Waals surface area contributed by atoms with Crippen molar-refractivity contribution < 1.29 is 4.79 Å². The monoisotopic (exact) mass is 350 g/mol. The molecule has 1 N–H and O–H groups in total. The first-order valence-corrected chi connectivity index (χ1v) is 9.25. The lowest BCUT2D eigenvalue weighted by atomic mass is 9.97. The summed E-state index contributed by atoms with van der Waals surface area (Å²) in [4.78, 5) is 22.7. The van der Waals surface area contributed by atoms with Gasteiger partial charge >= 0.3 is 0 Å². The van der Waals surface area contributed by atoms with Gasteiger partial charge in [-0.15, -0.1) is 0 Å². The highest BCUT2D eigenvalue weighted by Crippen LogP contribution is 2.20. The molecular weight excluding hydrogens is 324 g/mol. The molecule has 1 aliphatic carbocycles. The molecule has 0 bridgehead atoms. The summed E-state index contributed by atoms with van der Waals surface area (Å²) in [6.07, 6.45) is 9.86. The zero-order valence-electron chi connectivity index (χ0n) is 15.3. The van der Waals surface area contributed by atoms with E-state index in [-0.39, 0.29) is 5.91 Å². The topological polar surface area (TPSA) is 58.1 Å². The predicted molar refractivity (Wildman–Crippen MR) is 104 cm³/mol. The Labute approximate surface area is 155 Å². The highest BCUT2D eigenvalue weighted by atomic mass is 16.2. The van der Waals surface area contributed by atoms with Crippen molar-refractivity contribution in [2.45, 2.75) is 38.6 Å². The van der Waals surface area contributed by atoms with E-state index in [2.05, 4.69) is 21.4 Å². The Bertz CT molecular complexity index is 758. The Balaban J connectivity index is 1.55. The van der Waals surface area contributed by atoms with Crippen LogP contribution in [0, 0.1) is 0 Å². The number of nitrogens with zero attached hydrogens (tertiary/aromatic N) is 3. The average molecular weight is 350 g/mol. The fourth-order valence-electron chi connectivity index (χ4n) is 3.18. The number of amides is 1. The molecule has 1 heterocycles. The van der Waals surface area contributed by atoms with Crippen LogP contribution in [0.1, 0.15) is 48.2 Å². The van der Waals surface area contributed by atoms with Crippen molar-refractivity contribution >= 4 is 11.7 Å². The number of carbonyl (C=O) groups excluding carboxylic acids is 1. The van der Waals surface area contributed by atoms with Crippen molar-refractivity contribution in [3.8, 4) is 0 Å². The molecule has 0 unspecified atom stereocenters. The molecule has 0 spiro atoms. The SMILES string of the molecule is CN(Cc1ccccc1)C(=O)c1cc(NCCC2=CCCCC2)ncn1. The van der Waals surface area contributed by atoms with E-state index in [4.69, 9.17) is 0 Å². The van der Waals surface area contributed by atoms with E-state index in [1.807, 2.05) is 30.3 Å². The summed E-state index contributed by atoms with van der Waals surface area (Å²) < 4.78 is 0. The second-order valence-corrected chi connectivity index (χ2v) is 6.72. The Hall–Kier alpha value is -2.69. The summed E-state index contributed by atoms with van der Waals surface area (Å²) in [5, 5.41) is 3.31. The highest BCUT2D eigenvalue weighted by molar-refractivity contribution is 5.92. The van der Waals surface area contributed by atoms with Crippen LogP contribution >= 0.6 is 0 Å². The molecule has 5 nitrogen and oxygen atoms in total. The number of rotatable bonds is 7. The fraction of sp³-hybridized carbons (Fsp3) is 0.381. The minimum atomic E-state index is -0.103. The van der Waals surface area contributed by atoms with Gasteiger partial charge in [0, 0.05) is 26.2 Å². The molecule has 3 rings (SSSR count). The van der Waals surface area contributed by atoms with Gasteiger partial charge in [0.15, 0.2) is 0 Å². The number of allylic oxidation sites excluding steroid dienone is 1. The van der Waals surface area contributed by atoms with Crippen molar-refractivity contribution in [2.75, 3.05) is 18.9 Å². The molecule has 26 heavy (non-hydrogen) atoms. The van der Waals surface area contributed by atoms with Gasteiger partial charge in [-0.25, -0.2) is 9.97 Å². The molecule has 1 aromatic heterocycles. The van der Waals surface area contributed by atoms with E-state index in [9.17, 15) is 4.79 Å². The van der Waals surface area contributed by atoms with Crippen LogP contribution in [-0.4, -0.2) is 34.4 Å². The van der Waals surface area contributed by atoms with E-state index < -0.39 is 0 Å². The normalized spacial score (nSPS) is 13.8. The molecule has 1 aromatic carbocycles. The molecule has 1 aliphatic rings. The standard InChI is InChI=1S/C21H26N4O/c1-25(15-18-10-6-3-7-11-18)21(26)19-14-20(24-16-23-19)22-13-12-17-8-4-2-5-9-17/h3,6-8,10-11,14,16H,2,4-5,9,12-13,15H2,1H3,(H,22,23,24). The van der Waals surface area contributed by atoms with Crippen LogP contribution in [0.5, 0.6) is 0 Å². The maximum Gasteiger partial charge on any atom is 0.272 e. The van der Waals surface area contributed by atoms with E-state index in [0.717, 1.165) is 18.5 Å². The van der Waals surface area contributed by atoms with E-state index in [0.29, 0.717) is 18.1 Å². The van der Waals surface area contributed by atoms with Gasteiger partial charge in [0.05, 0.1) is 0 Å². The fourth-order valence-corrected chi connectivity index (χ4v) is 3.18. The summed E-state index contributed by atoms with van der Waals surface area (Å²) in [6.45, 7) is 1.39. The Morgan fingerprint density at radius 2 is 2.04 bits per heavy atom. The summed E-state index contributed by atoms with van der Waals surface area (Å²) in [6, 6.07) is 11.7. The van der Waals surface area contributed by atoms with Crippen LogP contribution in [-0.2, 0) is 6.54 Å². The largest absolute Gasteiger partial charge is 0.370 e. The van der Waals surface area contributed by atoms with E-state index >= 15 is 0 Å². The number of carbonyl (C=O) groups is 1. The minimum absolute atomic E-state index is 0.103. The van der Waals surface area contributed by atoms with Crippen molar-refractivity contribution in [2.24, 2.45) is 0 Å². The predicted octanol–water partition coefficient (Wildman–Crippen LogP) is 4.05. The third-order valence-corrected chi connectivity index (χ3v) is 4.63. The van der Waals surface area contributed by atoms with Gasteiger partial charge in [-0.3, -0.25) is 4.79 Å². The molecule has 0 atom stereocenters. The lowest BCUT2D eigenvalue weighted by Crippen LogP contribution is -2.27. The van der Waals surface area contributed by atoms with Gasteiger partial charge in [0.1, 0.15) is 17.8 Å². The van der Waals surface area contributed by atoms with Crippen LogP contribution in [0.25, 0.3) is 0 Å². The smallest absolute Gasteiger partial charge is 0.272 e. The lowest BCUT2D eigenvalue weighted by Gasteiger charge is -2.17. The van der Waals surface area contributed by atoms with Gasteiger partial charge in [-0.2, -0.15) is 0 Å². The number of hydrogen-bond donors (Lipinski definition) is 1. The average Bonchev–Trinajstić information content (AvgIpc) is 2.69. The first-order chi connectivity index (χ1) is 12.7. The number of aromatic nitrogens is 2. The van der Waals surface area contributed by atoms with Crippen LogP contribution in [0.4, 0.5) is 5.82 Å². The summed E-state index contributed by atoms with van der Waals surface area (Å²) in [7, 11) is 1.79. The third-order valence-electron chi connectivity index (χ3n) is 4.63. The van der Waals surface area contributed by atoms with Gasteiger partial charge < -0.3 is 10.2 Å². The second kappa shape index (κ2) is 9.13. The quantitative estimate of drug-likeness (QED) is 0.765. The summed E-state index contributed by atoms with van der Waals surface area (Å²) in [5.74, 6) is 0.599. The second-order valence-electron chi connectivity index (χ2n) is 6.72. The zero-order chi connectivity index (χ0) is 18.2. The van der Waals surface area contributed by atoms with Crippen LogP contribution in [0.2, 0.25) is 0 Å². The Morgan fingerprint density at radius 3 is 2.81 bits per heavy atom. The van der Waals surface area contributed by atoms with E-state index in [1.54, 1.807) is 18.0 Å². The zero-order valence-corrected chi connectivity index (χ0v) is 15.3. The molecule has 5 heteroatoms. The number of benzene rings is 1. The number of hydrogen-bond acceptors (Lipinski definition) is 4. The van der Waals surface area contributed by atoms with Crippen molar-refractivity contribution in [3.63, 3.8) is 0 Å². The van der Waals surface area contributed by atoms with Crippen molar-refractivity contribution in [1.82, 2.24) is 14.9 Å². The maximum atomic E-state index is 12.6. The number of anilines is 1. The first-order valence-electron chi connectivity index (χ1n) is 9.25. The molecule has 0 aliphatic heterocycles. The maximum absolute atomic E-state index is 12.6. The minimum Gasteiger partial charge on any atom is -0.370 e. The molecule has 0 fully saturated rings.